The average Bonchev–Trinajstić information content (AvgIpc) is 3.00. The Labute approximate surface area is 77.4 Å². The number of hydrogen-bond donors (Lipinski definition) is 1. The van der Waals surface area contributed by atoms with Gasteiger partial charge in [0.25, 0.3) is 0 Å². The van der Waals surface area contributed by atoms with E-state index in [4.69, 9.17) is 9.84 Å². The molecular formula is C10H13NO2. The van der Waals surface area contributed by atoms with Gasteiger partial charge in [0, 0.05) is 11.8 Å². The molecule has 1 heterocycles. The van der Waals surface area contributed by atoms with Crippen LogP contribution in [0.2, 0.25) is 0 Å². The summed E-state index contributed by atoms with van der Waals surface area (Å²) >= 11 is 0. The number of hydrogen-bond acceptors (Lipinski definition) is 3. The lowest BCUT2D eigenvalue weighted by atomic mass is 10.1. The van der Waals surface area contributed by atoms with E-state index in [-0.39, 0.29) is 6.61 Å². The molecule has 0 radical (unpaired) electrons. The summed E-state index contributed by atoms with van der Waals surface area (Å²) in [5.74, 6) is 1.20. The fourth-order valence-electron chi connectivity index (χ4n) is 1.45. The van der Waals surface area contributed by atoms with Crippen LogP contribution in [0, 0.1) is 0 Å². The van der Waals surface area contributed by atoms with Crippen molar-refractivity contribution >= 4 is 0 Å². The smallest absolute Gasteiger partial charge is 0.218 e. The summed E-state index contributed by atoms with van der Waals surface area (Å²) in [6.45, 7) is -0.00324. The molecule has 0 aromatic carbocycles. The Bertz CT molecular complexity index is 308. The van der Waals surface area contributed by atoms with Gasteiger partial charge in [-0.25, -0.2) is 4.98 Å². The predicted molar refractivity (Wildman–Crippen MR) is 48.7 cm³/mol. The molecule has 1 aliphatic rings. The van der Waals surface area contributed by atoms with Gasteiger partial charge < -0.3 is 9.84 Å². The van der Waals surface area contributed by atoms with Crippen LogP contribution >= 0.6 is 0 Å². The van der Waals surface area contributed by atoms with E-state index in [1.807, 2.05) is 12.3 Å². The molecule has 0 unspecified atom stereocenters. The van der Waals surface area contributed by atoms with Crippen LogP contribution in [0.1, 0.15) is 29.9 Å². The summed E-state index contributed by atoms with van der Waals surface area (Å²) < 4.78 is 5.02. The second-order valence-corrected chi connectivity index (χ2v) is 3.37. The molecule has 1 aliphatic carbocycles. The van der Waals surface area contributed by atoms with Crippen molar-refractivity contribution in [1.29, 1.82) is 0 Å². The van der Waals surface area contributed by atoms with E-state index < -0.39 is 0 Å². The fraction of sp³-hybridized carbons (Fsp3) is 0.500. The highest BCUT2D eigenvalue weighted by Crippen LogP contribution is 2.40. The summed E-state index contributed by atoms with van der Waals surface area (Å²) in [7, 11) is 1.57. The molecule has 3 heteroatoms. The van der Waals surface area contributed by atoms with Crippen LogP contribution in [0.5, 0.6) is 5.88 Å². The van der Waals surface area contributed by atoms with Crippen LogP contribution in [0.25, 0.3) is 0 Å². The van der Waals surface area contributed by atoms with Gasteiger partial charge in [-0.15, -0.1) is 0 Å². The highest BCUT2D eigenvalue weighted by atomic mass is 16.5. The van der Waals surface area contributed by atoms with Crippen LogP contribution in [-0.4, -0.2) is 17.2 Å². The van der Waals surface area contributed by atoms with E-state index in [1.165, 1.54) is 18.4 Å². The van der Waals surface area contributed by atoms with Crippen molar-refractivity contribution in [2.24, 2.45) is 0 Å². The summed E-state index contributed by atoms with van der Waals surface area (Å²) in [5, 5.41) is 9.06. The first-order valence-electron chi connectivity index (χ1n) is 4.49. The Kier molecular flexibility index (Phi) is 2.19. The number of ether oxygens (including phenoxy) is 1. The zero-order valence-corrected chi connectivity index (χ0v) is 7.66. The van der Waals surface area contributed by atoms with Gasteiger partial charge in [-0.1, -0.05) is 0 Å². The number of aliphatic hydroxyl groups is 1. The van der Waals surface area contributed by atoms with E-state index in [1.54, 1.807) is 7.11 Å². The summed E-state index contributed by atoms with van der Waals surface area (Å²) in [5.41, 5.74) is 2.01. The standard InChI is InChI=1S/C10H13NO2/c1-13-10-9(6-12)4-8(5-11-10)7-2-3-7/h4-5,7,12H,2-3,6H2,1H3. The third-order valence-corrected chi connectivity index (χ3v) is 2.36. The molecule has 3 nitrogen and oxygen atoms in total. The molecule has 1 saturated carbocycles. The van der Waals surface area contributed by atoms with Crippen molar-refractivity contribution in [3.63, 3.8) is 0 Å². The largest absolute Gasteiger partial charge is 0.481 e. The molecular weight excluding hydrogens is 166 g/mol. The highest BCUT2D eigenvalue weighted by molar-refractivity contribution is 5.32. The molecule has 13 heavy (non-hydrogen) atoms. The molecule has 1 aromatic rings. The molecule has 70 valence electrons. The monoisotopic (exact) mass is 179 g/mol. The second kappa shape index (κ2) is 3.34. The third kappa shape index (κ3) is 1.65. The lowest BCUT2D eigenvalue weighted by Crippen LogP contribution is -1.96. The van der Waals surface area contributed by atoms with Crippen LogP contribution in [0.3, 0.4) is 0 Å². The van der Waals surface area contributed by atoms with Crippen LogP contribution in [0.4, 0.5) is 0 Å². The number of aromatic nitrogens is 1. The van der Waals surface area contributed by atoms with Crippen molar-refractivity contribution in [3.8, 4) is 5.88 Å². The van der Waals surface area contributed by atoms with Gasteiger partial charge in [-0.3, -0.25) is 0 Å². The maximum atomic E-state index is 9.06. The van der Waals surface area contributed by atoms with Crippen LogP contribution < -0.4 is 4.74 Å². The second-order valence-electron chi connectivity index (χ2n) is 3.37. The Balaban J connectivity index is 2.31. The predicted octanol–water partition coefficient (Wildman–Crippen LogP) is 1.46. The molecule has 0 aliphatic heterocycles. The molecule has 1 N–H and O–H groups in total. The number of methoxy groups -OCH3 is 1. The lowest BCUT2D eigenvalue weighted by molar-refractivity contribution is 0.271. The zero-order valence-electron chi connectivity index (χ0n) is 7.66. The molecule has 0 amide bonds. The topological polar surface area (TPSA) is 42.4 Å². The minimum Gasteiger partial charge on any atom is -0.481 e. The number of pyridine rings is 1. The molecule has 0 spiro atoms. The van der Waals surface area contributed by atoms with Gasteiger partial charge in [0.1, 0.15) is 0 Å². The highest BCUT2D eigenvalue weighted by Gasteiger charge is 2.24. The van der Waals surface area contributed by atoms with E-state index in [2.05, 4.69) is 4.98 Å². The van der Waals surface area contributed by atoms with Crippen molar-refractivity contribution in [2.75, 3.05) is 7.11 Å². The van der Waals surface area contributed by atoms with E-state index in [0.717, 1.165) is 5.56 Å². The summed E-state index contributed by atoms with van der Waals surface area (Å²) in [4.78, 5) is 4.15. The summed E-state index contributed by atoms with van der Waals surface area (Å²) in [6, 6.07) is 1.99. The molecule has 0 saturated heterocycles. The maximum absolute atomic E-state index is 9.06. The van der Waals surface area contributed by atoms with Gasteiger partial charge in [-0.05, 0) is 30.4 Å². The van der Waals surface area contributed by atoms with Crippen molar-refractivity contribution in [2.45, 2.75) is 25.4 Å². The van der Waals surface area contributed by atoms with Gasteiger partial charge in [-0.2, -0.15) is 0 Å². The first kappa shape index (κ1) is 8.51. The van der Waals surface area contributed by atoms with Gasteiger partial charge >= 0.3 is 0 Å². The normalized spacial score (nSPS) is 15.8. The van der Waals surface area contributed by atoms with Crippen LogP contribution in [-0.2, 0) is 6.61 Å². The average molecular weight is 179 g/mol. The Morgan fingerprint density at radius 2 is 2.38 bits per heavy atom. The maximum Gasteiger partial charge on any atom is 0.218 e. The van der Waals surface area contributed by atoms with Gasteiger partial charge in [0.2, 0.25) is 5.88 Å². The number of rotatable bonds is 3. The third-order valence-electron chi connectivity index (χ3n) is 2.36. The fourth-order valence-corrected chi connectivity index (χ4v) is 1.45. The van der Waals surface area contributed by atoms with Crippen molar-refractivity contribution < 1.29 is 9.84 Å². The Hall–Kier alpha value is -1.09. The lowest BCUT2D eigenvalue weighted by Gasteiger charge is -2.06. The van der Waals surface area contributed by atoms with Gasteiger partial charge in [0.05, 0.1) is 13.7 Å². The first-order chi connectivity index (χ1) is 6.35. The van der Waals surface area contributed by atoms with Crippen LogP contribution in [0.15, 0.2) is 12.3 Å². The molecule has 0 bridgehead atoms. The Morgan fingerprint density at radius 1 is 1.62 bits per heavy atom. The molecule has 1 aromatic heterocycles. The minimum absolute atomic E-state index is 0.00324. The van der Waals surface area contributed by atoms with Gasteiger partial charge in [0.15, 0.2) is 0 Å². The molecule has 2 rings (SSSR count). The summed E-state index contributed by atoms with van der Waals surface area (Å²) in [6.07, 6.45) is 4.34. The SMILES string of the molecule is COc1ncc(C2CC2)cc1CO. The molecule has 0 atom stereocenters. The van der Waals surface area contributed by atoms with E-state index in [9.17, 15) is 0 Å². The number of nitrogens with zero attached hydrogens (tertiary/aromatic N) is 1. The van der Waals surface area contributed by atoms with Crippen molar-refractivity contribution in [1.82, 2.24) is 4.98 Å². The minimum atomic E-state index is -0.00324. The number of aliphatic hydroxyl groups excluding tert-OH is 1. The first-order valence-corrected chi connectivity index (χ1v) is 4.49. The van der Waals surface area contributed by atoms with E-state index in [0.29, 0.717) is 11.8 Å². The zero-order chi connectivity index (χ0) is 9.26. The quantitative estimate of drug-likeness (QED) is 0.763. The van der Waals surface area contributed by atoms with E-state index >= 15 is 0 Å². The van der Waals surface area contributed by atoms with Crippen molar-refractivity contribution in [3.05, 3.63) is 23.4 Å². The Morgan fingerprint density at radius 3 is 2.92 bits per heavy atom. The molecule has 1 fully saturated rings.